The third kappa shape index (κ3) is 3.81. The minimum atomic E-state index is 0.606. The van der Waals surface area contributed by atoms with Gasteiger partial charge in [-0.2, -0.15) is 10.1 Å². The molecule has 2 aromatic carbocycles. The number of benzene rings is 2. The van der Waals surface area contributed by atoms with Crippen LogP contribution in [0.15, 0.2) is 48.7 Å². The highest BCUT2D eigenvalue weighted by Crippen LogP contribution is 2.34. The third-order valence-corrected chi connectivity index (χ3v) is 5.20. The average molecular weight is 391 g/mol. The van der Waals surface area contributed by atoms with E-state index in [9.17, 15) is 0 Å². The standard InChI is InChI=1S/C22H25N5O2/c1-4-27(18-8-6-5-7-9-18)22-24-21(14-23-25-22)26-11-10-16-12-19(28-2)20(29-3)13-17(16)15-26/h5-9,12-14H,4,10-11,15H2,1-3H3. The highest BCUT2D eigenvalue weighted by molar-refractivity contribution is 5.58. The molecule has 0 bridgehead atoms. The molecular formula is C22H25N5O2. The molecule has 7 heteroatoms. The van der Waals surface area contributed by atoms with E-state index < -0.39 is 0 Å². The van der Waals surface area contributed by atoms with Gasteiger partial charge in [-0.3, -0.25) is 0 Å². The van der Waals surface area contributed by atoms with Gasteiger partial charge < -0.3 is 19.3 Å². The number of aromatic nitrogens is 3. The van der Waals surface area contributed by atoms with Gasteiger partial charge in [-0.25, -0.2) is 0 Å². The summed E-state index contributed by atoms with van der Waals surface area (Å²) < 4.78 is 10.9. The maximum atomic E-state index is 5.47. The lowest BCUT2D eigenvalue weighted by Crippen LogP contribution is -2.32. The van der Waals surface area contributed by atoms with Crippen LogP contribution in [0.3, 0.4) is 0 Å². The van der Waals surface area contributed by atoms with E-state index in [0.717, 1.165) is 49.1 Å². The molecule has 7 nitrogen and oxygen atoms in total. The Kier molecular flexibility index (Phi) is 5.46. The van der Waals surface area contributed by atoms with Crippen LogP contribution in [0.2, 0.25) is 0 Å². The van der Waals surface area contributed by atoms with Gasteiger partial charge >= 0.3 is 0 Å². The van der Waals surface area contributed by atoms with Crippen molar-refractivity contribution in [3.8, 4) is 11.5 Å². The molecule has 0 unspecified atom stereocenters. The highest BCUT2D eigenvalue weighted by Gasteiger charge is 2.22. The Morgan fingerprint density at radius 3 is 2.45 bits per heavy atom. The summed E-state index contributed by atoms with van der Waals surface area (Å²) in [5.74, 6) is 2.95. The number of rotatable bonds is 6. The van der Waals surface area contributed by atoms with Gasteiger partial charge in [-0.1, -0.05) is 18.2 Å². The maximum absolute atomic E-state index is 5.47. The Bertz CT molecular complexity index is 980. The maximum Gasteiger partial charge on any atom is 0.251 e. The van der Waals surface area contributed by atoms with Crippen LogP contribution in [0.1, 0.15) is 18.1 Å². The van der Waals surface area contributed by atoms with Crippen LogP contribution in [-0.2, 0) is 13.0 Å². The molecule has 2 heterocycles. The van der Waals surface area contributed by atoms with Gasteiger partial charge in [0.15, 0.2) is 17.3 Å². The first-order chi connectivity index (χ1) is 14.2. The first kappa shape index (κ1) is 19.0. The molecule has 0 saturated carbocycles. The van der Waals surface area contributed by atoms with Gasteiger partial charge in [0.2, 0.25) is 0 Å². The smallest absolute Gasteiger partial charge is 0.251 e. The number of para-hydroxylation sites is 1. The SMILES string of the molecule is CCN(c1ccccc1)c1nncc(N2CCc3cc(OC)c(OC)cc3C2)n1. The lowest BCUT2D eigenvalue weighted by Gasteiger charge is -2.31. The molecule has 0 aliphatic carbocycles. The fraction of sp³-hybridized carbons (Fsp3) is 0.318. The Labute approximate surface area is 170 Å². The lowest BCUT2D eigenvalue weighted by atomic mass is 9.99. The molecule has 0 N–H and O–H groups in total. The first-order valence-electron chi connectivity index (χ1n) is 9.74. The predicted molar refractivity (Wildman–Crippen MR) is 113 cm³/mol. The van der Waals surface area contributed by atoms with E-state index in [4.69, 9.17) is 14.5 Å². The Balaban J connectivity index is 1.61. The quantitative estimate of drug-likeness (QED) is 0.636. The van der Waals surface area contributed by atoms with Gasteiger partial charge in [0.05, 0.1) is 20.4 Å². The summed E-state index contributed by atoms with van der Waals surface area (Å²) in [5.41, 5.74) is 3.54. The van der Waals surface area contributed by atoms with E-state index in [1.807, 2.05) is 18.2 Å². The van der Waals surface area contributed by atoms with Crippen molar-refractivity contribution in [1.82, 2.24) is 15.2 Å². The number of hydrogen-bond acceptors (Lipinski definition) is 7. The van der Waals surface area contributed by atoms with Crippen molar-refractivity contribution < 1.29 is 9.47 Å². The van der Waals surface area contributed by atoms with Gasteiger partial charge in [-0.05, 0) is 48.7 Å². The van der Waals surface area contributed by atoms with E-state index in [1.165, 1.54) is 11.1 Å². The Hall–Kier alpha value is -3.35. The van der Waals surface area contributed by atoms with Crippen LogP contribution in [0.25, 0.3) is 0 Å². The number of nitrogens with zero attached hydrogens (tertiary/aromatic N) is 5. The van der Waals surface area contributed by atoms with Crippen molar-refractivity contribution in [3.05, 3.63) is 59.8 Å². The third-order valence-electron chi connectivity index (χ3n) is 5.20. The molecule has 0 atom stereocenters. The van der Waals surface area contributed by atoms with Gasteiger partial charge in [0.1, 0.15) is 0 Å². The summed E-state index contributed by atoms with van der Waals surface area (Å²) in [6.45, 7) is 4.44. The normalized spacial score (nSPS) is 13.0. The molecule has 1 aromatic heterocycles. The van der Waals surface area contributed by atoms with E-state index in [2.05, 4.69) is 51.2 Å². The molecular weight excluding hydrogens is 366 g/mol. The predicted octanol–water partition coefficient (Wildman–Crippen LogP) is 3.61. The summed E-state index contributed by atoms with van der Waals surface area (Å²) in [4.78, 5) is 9.10. The van der Waals surface area contributed by atoms with Gasteiger partial charge in [0.25, 0.3) is 5.95 Å². The Morgan fingerprint density at radius 1 is 1.03 bits per heavy atom. The second-order valence-electron chi connectivity index (χ2n) is 6.84. The van der Waals surface area contributed by atoms with Crippen LogP contribution in [0, 0.1) is 0 Å². The number of ether oxygens (including phenoxy) is 2. The minimum Gasteiger partial charge on any atom is -0.493 e. The molecule has 0 saturated heterocycles. The van der Waals surface area contributed by atoms with Gasteiger partial charge in [0, 0.05) is 25.3 Å². The Morgan fingerprint density at radius 2 is 1.76 bits per heavy atom. The molecule has 29 heavy (non-hydrogen) atoms. The van der Waals surface area contributed by atoms with Crippen LogP contribution in [-0.4, -0.2) is 42.5 Å². The van der Waals surface area contributed by atoms with Crippen LogP contribution < -0.4 is 19.3 Å². The molecule has 3 aromatic rings. The number of anilines is 3. The zero-order valence-corrected chi connectivity index (χ0v) is 17.0. The summed E-state index contributed by atoms with van der Waals surface area (Å²) in [6, 6.07) is 14.3. The van der Waals surface area contributed by atoms with Crippen molar-refractivity contribution in [2.75, 3.05) is 37.1 Å². The number of methoxy groups -OCH3 is 2. The van der Waals surface area contributed by atoms with Crippen LogP contribution in [0.4, 0.5) is 17.5 Å². The highest BCUT2D eigenvalue weighted by atomic mass is 16.5. The molecule has 1 aliphatic rings. The number of fused-ring (bicyclic) bond motifs is 1. The van der Waals surface area contributed by atoms with Crippen LogP contribution in [0.5, 0.6) is 11.5 Å². The lowest BCUT2D eigenvalue weighted by molar-refractivity contribution is 0.353. The molecule has 0 spiro atoms. The van der Waals surface area contributed by atoms with Crippen LogP contribution >= 0.6 is 0 Å². The molecule has 1 aliphatic heterocycles. The summed E-state index contributed by atoms with van der Waals surface area (Å²) in [6.07, 6.45) is 2.64. The van der Waals surface area contributed by atoms with E-state index >= 15 is 0 Å². The van der Waals surface area contributed by atoms with Gasteiger partial charge in [-0.15, -0.1) is 5.10 Å². The fourth-order valence-electron chi connectivity index (χ4n) is 3.68. The largest absolute Gasteiger partial charge is 0.493 e. The fourth-order valence-corrected chi connectivity index (χ4v) is 3.68. The summed E-state index contributed by atoms with van der Waals surface area (Å²) >= 11 is 0. The second kappa shape index (κ2) is 8.34. The zero-order chi connectivity index (χ0) is 20.2. The molecule has 150 valence electrons. The second-order valence-corrected chi connectivity index (χ2v) is 6.84. The van der Waals surface area contributed by atoms with Crippen molar-refractivity contribution in [1.29, 1.82) is 0 Å². The number of hydrogen-bond donors (Lipinski definition) is 0. The summed E-state index contributed by atoms with van der Waals surface area (Å²) in [5, 5.41) is 8.51. The topological polar surface area (TPSA) is 63.6 Å². The first-order valence-corrected chi connectivity index (χ1v) is 9.74. The van der Waals surface area contributed by atoms with E-state index in [0.29, 0.717) is 5.95 Å². The van der Waals surface area contributed by atoms with Crippen molar-refractivity contribution in [3.63, 3.8) is 0 Å². The van der Waals surface area contributed by atoms with Crippen molar-refractivity contribution >= 4 is 17.5 Å². The summed E-state index contributed by atoms with van der Waals surface area (Å²) in [7, 11) is 3.33. The zero-order valence-electron chi connectivity index (χ0n) is 17.0. The van der Waals surface area contributed by atoms with Crippen molar-refractivity contribution in [2.45, 2.75) is 19.9 Å². The molecule has 0 radical (unpaired) electrons. The van der Waals surface area contributed by atoms with E-state index in [1.54, 1.807) is 20.4 Å². The van der Waals surface area contributed by atoms with E-state index in [-0.39, 0.29) is 0 Å². The minimum absolute atomic E-state index is 0.606. The molecule has 4 rings (SSSR count). The average Bonchev–Trinajstić information content (AvgIpc) is 2.79. The molecule has 0 amide bonds. The monoisotopic (exact) mass is 391 g/mol. The molecule has 0 fully saturated rings. The van der Waals surface area contributed by atoms with Crippen molar-refractivity contribution in [2.24, 2.45) is 0 Å².